The van der Waals surface area contributed by atoms with Gasteiger partial charge in [-0.15, -0.1) is 5.10 Å². The lowest BCUT2D eigenvalue weighted by Crippen LogP contribution is -2.59. The van der Waals surface area contributed by atoms with Crippen LogP contribution in [0.2, 0.25) is 0 Å². The number of likely N-dealkylation sites (tertiary alicyclic amines) is 2. The zero-order chi connectivity index (χ0) is 32.1. The first-order valence-electron chi connectivity index (χ1n) is 15.4. The molecule has 13 heteroatoms. The first kappa shape index (κ1) is 31.9. The molecule has 2 aliphatic rings. The number of amides is 4. The number of ether oxygens (including phenoxy) is 1. The molecule has 3 atom stereocenters. The second kappa shape index (κ2) is 13.6. The minimum Gasteiger partial charge on any atom is -0.444 e. The van der Waals surface area contributed by atoms with Crippen LogP contribution in [0.3, 0.4) is 0 Å². The molecule has 12 nitrogen and oxygen atoms in total. The van der Waals surface area contributed by atoms with E-state index in [-0.39, 0.29) is 24.2 Å². The van der Waals surface area contributed by atoms with Gasteiger partial charge >= 0.3 is 12.1 Å². The van der Waals surface area contributed by atoms with Crippen molar-refractivity contribution in [2.45, 2.75) is 58.1 Å². The van der Waals surface area contributed by atoms with Crippen LogP contribution < -0.4 is 10.6 Å². The molecule has 5 rings (SSSR count). The Kier molecular flexibility index (Phi) is 9.64. The van der Waals surface area contributed by atoms with Crippen LogP contribution in [0.5, 0.6) is 0 Å². The van der Waals surface area contributed by atoms with Crippen LogP contribution >= 0.6 is 0 Å². The Hall–Kier alpha value is -4.55. The molecule has 0 bridgehead atoms. The van der Waals surface area contributed by atoms with Gasteiger partial charge in [0.05, 0.1) is 5.92 Å². The van der Waals surface area contributed by atoms with Gasteiger partial charge in [0, 0.05) is 50.5 Å². The van der Waals surface area contributed by atoms with E-state index in [1.807, 2.05) is 11.0 Å². The summed E-state index contributed by atoms with van der Waals surface area (Å²) in [7, 11) is 1.73. The quantitative estimate of drug-likeness (QED) is 0.421. The van der Waals surface area contributed by atoms with Crippen molar-refractivity contribution in [1.29, 1.82) is 0 Å². The van der Waals surface area contributed by atoms with E-state index in [0.717, 1.165) is 30.4 Å². The molecular weight excluding hydrogens is 579 g/mol. The molecule has 2 saturated heterocycles. The molecular formula is C32H41FN8O4. The monoisotopic (exact) mass is 620 g/mol. The molecule has 3 aromatic rings. The first-order chi connectivity index (χ1) is 21.4. The van der Waals surface area contributed by atoms with Crippen LogP contribution in [0.1, 0.15) is 45.6 Å². The van der Waals surface area contributed by atoms with Gasteiger partial charge in [-0.05, 0) is 92.6 Å². The largest absolute Gasteiger partial charge is 0.444 e. The van der Waals surface area contributed by atoms with Crippen molar-refractivity contribution in [2.75, 3.05) is 31.5 Å². The van der Waals surface area contributed by atoms with Gasteiger partial charge < -0.3 is 25.2 Å². The summed E-state index contributed by atoms with van der Waals surface area (Å²) >= 11 is 0. The summed E-state index contributed by atoms with van der Waals surface area (Å²) in [6.45, 7) is 7.04. The summed E-state index contributed by atoms with van der Waals surface area (Å²) in [6.07, 6.45) is 2.46. The predicted octanol–water partition coefficient (Wildman–Crippen LogP) is 4.24. The summed E-state index contributed by atoms with van der Waals surface area (Å²) in [4.78, 5) is 43.8. The summed E-state index contributed by atoms with van der Waals surface area (Å²) < 4.78 is 20.6. The summed E-state index contributed by atoms with van der Waals surface area (Å²) in [5.74, 6) is -0.251. The van der Waals surface area contributed by atoms with Crippen molar-refractivity contribution in [1.82, 2.24) is 35.3 Å². The number of benzene rings is 2. The van der Waals surface area contributed by atoms with Crippen molar-refractivity contribution < 1.29 is 23.5 Å². The van der Waals surface area contributed by atoms with Crippen LogP contribution in [-0.2, 0) is 23.0 Å². The minimum absolute atomic E-state index is 0.103. The summed E-state index contributed by atoms with van der Waals surface area (Å²) in [6, 6.07) is 12.7. The number of piperidine rings is 2. The van der Waals surface area contributed by atoms with Gasteiger partial charge in [0.2, 0.25) is 5.91 Å². The van der Waals surface area contributed by atoms with Gasteiger partial charge in [0.25, 0.3) is 0 Å². The van der Waals surface area contributed by atoms with Gasteiger partial charge in [0.1, 0.15) is 11.4 Å². The number of carbonyl (C=O) groups is 3. The number of anilines is 1. The van der Waals surface area contributed by atoms with E-state index in [9.17, 15) is 18.8 Å². The van der Waals surface area contributed by atoms with Crippen LogP contribution in [0.25, 0.3) is 11.4 Å². The first-order valence-corrected chi connectivity index (χ1v) is 15.4. The lowest BCUT2D eigenvalue weighted by Gasteiger charge is -2.42. The van der Waals surface area contributed by atoms with Crippen molar-refractivity contribution >= 4 is 23.7 Å². The lowest BCUT2D eigenvalue weighted by atomic mass is 9.87. The molecule has 3 heterocycles. The van der Waals surface area contributed by atoms with Crippen molar-refractivity contribution in [3.8, 4) is 11.4 Å². The number of nitrogens with one attached hydrogen (secondary N) is 2. The van der Waals surface area contributed by atoms with Crippen LogP contribution in [-0.4, -0.2) is 85.9 Å². The Morgan fingerprint density at radius 3 is 2.51 bits per heavy atom. The molecule has 1 aromatic heterocycles. The Balaban J connectivity index is 1.29. The number of aryl methyl sites for hydroxylation is 1. The second-order valence-electron chi connectivity index (χ2n) is 12.9. The number of tetrazole rings is 1. The average Bonchev–Trinajstić information content (AvgIpc) is 3.43. The van der Waals surface area contributed by atoms with E-state index in [2.05, 4.69) is 26.2 Å². The van der Waals surface area contributed by atoms with Gasteiger partial charge in [-0.25, -0.2) is 18.7 Å². The van der Waals surface area contributed by atoms with Gasteiger partial charge in [0.15, 0.2) is 5.82 Å². The van der Waals surface area contributed by atoms with Crippen molar-refractivity contribution in [3.05, 3.63) is 59.9 Å². The van der Waals surface area contributed by atoms with Gasteiger partial charge in [-0.1, -0.05) is 24.3 Å². The highest BCUT2D eigenvalue weighted by atomic mass is 19.1. The number of hydrogen-bond donors (Lipinski definition) is 2. The molecule has 2 aromatic carbocycles. The van der Waals surface area contributed by atoms with Crippen molar-refractivity contribution in [3.63, 3.8) is 0 Å². The minimum atomic E-state index is -0.679. The molecule has 0 radical (unpaired) electrons. The molecule has 3 unspecified atom stereocenters. The molecule has 4 amide bonds. The third kappa shape index (κ3) is 8.34. The Bertz CT molecular complexity index is 1510. The number of rotatable bonds is 6. The number of urea groups is 1. The molecule has 0 spiro atoms. The number of aromatic nitrogens is 4. The molecule has 0 saturated carbocycles. The topological polar surface area (TPSA) is 135 Å². The van der Waals surface area contributed by atoms with Crippen molar-refractivity contribution in [2.24, 2.45) is 18.9 Å². The molecule has 2 fully saturated rings. The summed E-state index contributed by atoms with van der Waals surface area (Å²) in [5.41, 5.74) is 1.63. The van der Waals surface area contributed by atoms with Crippen LogP contribution in [0.15, 0.2) is 48.5 Å². The maximum atomic E-state index is 14.1. The number of carbonyl (C=O) groups excluding carboxylic acids is 3. The smallest absolute Gasteiger partial charge is 0.410 e. The van der Waals surface area contributed by atoms with E-state index in [4.69, 9.17) is 4.74 Å². The van der Waals surface area contributed by atoms with Crippen LogP contribution in [0.4, 0.5) is 19.7 Å². The highest BCUT2D eigenvalue weighted by Gasteiger charge is 2.41. The SMILES string of the molecule is Cn1nnnc1-c1cccc(NC(=O)NC2CCN(C(=O)OC(C)(C)C)CC2C(=O)N2CCCC(Cc3ccc(F)cc3)C2)c1. The van der Waals surface area contributed by atoms with E-state index < -0.39 is 29.7 Å². The Morgan fingerprint density at radius 1 is 1.02 bits per heavy atom. The zero-order valence-corrected chi connectivity index (χ0v) is 26.2. The fourth-order valence-electron chi connectivity index (χ4n) is 6.03. The summed E-state index contributed by atoms with van der Waals surface area (Å²) in [5, 5.41) is 17.4. The Labute approximate surface area is 262 Å². The lowest BCUT2D eigenvalue weighted by molar-refractivity contribution is -0.140. The fraction of sp³-hybridized carbons (Fsp3) is 0.500. The van der Waals surface area contributed by atoms with Crippen LogP contribution in [0, 0.1) is 17.7 Å². The third-order valence-electron chi connectivity index (χ3n) is 8.17. The Morgan fingerprint density at radius 2 is 1.80 bits per heavy atom. The van der Waals surface area contributed by atoms with Gasteiger partial charge in [-0.2, -0.15) is 0 Å². The zero-order valence-electron chi connectivity index (χ0n) is 26.2. The van der Waals surface area contributed by atoms with Gasteiger partial charge in [-0.3, -0.25) is 4.79 Å². The fourth-order valence-corrected chi connectivity index (χ4v) is 6.03. The van der Waals surface area contributed by atoms with E-state index >= 15 is 0 Å². The molecule has 2 N–H and O–H groups in total. The molecule has 2 aliphatic heterocycles. The molecule has 0 aliphatic carbocycles. The maximum absolute atomic E-state index is 14.1. The average molecular weight is 621 g/mol. The van der Waals surface area contributed by atoms with E-state index in [1.165, 1.54) is 12.1 Å². The number of halogens is 1. The number of hydrogen-bond acceptors (Lipinski definition) is 7. The highest BCUT2D eigenvalue weighted by Crippen LogP contribution is 2.27. The predicted molar refractivity (Wildman–Crippen MR) is 165 cm³/mol. The third-order valence-corrected chi connectivity index (χ3v) is 8.17. The maximum Gasteiger partial charge on any atom is 0.410 e. The number of nitrogens with zero attached hydrogens (tertiary/aromatic N) is 6. The normalized spacial score (nSPS) is 20.4. The molecule has 240 valence electrons. The van der Waals surface area contributed by atoms with E-state index in [1.54, 1.807) is 67.7 Å². The van der Waals surface area contributed by atoms with E-state index in [0.29, 0.717) is 37.6 Å². The highest BCUT2D eigenvalue weighted by molar-refractivity contribution is 5.91. The molecule has 45 heavy (non-hydrogen) atoms. The second-order valence-corrected chi connectivity index (χ2v) is 12.9. The standard InChI is InChI=1S/C32H41FN8O4/c1-32(2,3)45-31(44)41-16-14-27(35-30(43)34-25-9-5-8-23(18-25)28-36-37-38-39(28)4)26(20-41)29(42)40-15-6-7-22(19-40)17-21-10-12-24(33)13-11-21/h5,8-13,18,22,26-27H,6-7,14-17,19-20H2,1-4H3,(H2,34,35,43).